The number of carbonyl (C=O) groups excluding carboxylic acids is 2. The number of nitrogens with zero attached hydrogens (tertiary/aromatic N) is 2. The first kappa shape index (κ1) is 13.3. The van der Waals surface area contributed by atoms with Crippen LogP contribution in [0, 0.1) is 0 Å². The van der Waals surface area contributed by atoms with Crippen molar-refractivity contribution in [3.05, 3.63) is 0 Å². The Labute approximate surface area is 107 Å². The van der Waals surface area contributed by atoms with Crippen LogP contribution in [0.15, 0.2) is 0 Å². The van der Waals surface area contributed by atoms with E-state index >= 15 is 0 Å². The topological polar surface area (TPSA) is 61.9 Å². The van der Waals surface area contributed by atoms with E-state index in [2.05, 4.69) is 5.32 Å². The van der Waals surface area contributed by atoms with Crippen molar-refractivity contribution in [2.24, 2.45) is 0 Å². The molecule has 1 atom stereocenters. The van der Waals surface area contributed by atoms with Gasteiger partial charge in [-0.2, -0.15) is 0 Å². The largest absolute Gasteiger partial charge is 0.380 e. The molecule has 0 aliphatic carbocycles. The van der Waals surface area contributed by atoms with Crippen molar-refractivity contribution >= 4 is 11.8 Å². The maximum absolute atomic E-state index is 12.1. The third-order valence-corrected chi connectivity index (χ3v) is 3.58. The van der Waals surface area contributed by atoms with Crippen LogP contribution in [0.4, 0.5) is 0 Å². The molecule has 2 amide bonds. The molecule has 0 radical (unpaired) electrons. The fraction of sp³-hybridized carbons (Fsp3) is 0.833. The van der Waals surface area contributed by atoms with Crippen LogP contribution in [-0.2, 0) is 14.3 Å². The van der Waals surface area contributed by atoms with E-state index in [-0.39, 0.29) is 24.5 Å². The Morgan fingerprint density at radius 2 is 2.33 bits per heavy atom. The number of hydrogen-bond acceptors (Lipinski definition) is 4. The van der Waals surface area contributed by atoms with Crippen LogP contribution in [0.25, 0.3) is 0 Å². The van der Waals surface area contributed by atoms with Gasteiger partial charge in [-0.05, 0) is 12.8 Å². The van der Waals surface area contributed by atoms with E-state index in [0.29, 0.717) is 19.6 Å². The summed E-state index contributed by atoms with van der Waals surface area (Å²) in [5.74, 6) is 0.0434. The average molecular weight is 255 g/mol. The van der Waals surface area contributed by atoms with Gasteiger partial charge in [-0.1, -0.05) is 0 Å². The summed E-state index contributed by atoms with van der Waals surface area (Å²) in [6.45, 7) is 3.35. The summed E-state index contributed by atoms with van der Waals surface area (Å²) in [7, 11) is 1.68. The van der Waals surface area contributed by atoms with E-state index < -0.39 is 0 Å². The zero-order valence-electron chi connectivity index (χ0n) is 10.9. The molecule has 102 valence electrons. The van der Waals surface area contributed by atoms with Gasteiger partial charge in [0.05, 0.1) is 19.2 Å². The van der Waals surface area contributed by atoms with Crippen LogP contribution in [0.5, 0.6) is 0 Å². The van der Waals surface area contributed by atoms with Gasteiger partial charge >= 0.3 is 0 Å². The van der Waals surface area contributed by atoms with Gasteiger partial charge in [0.2, 0.25) is 11.8 Å². The number of hydrogen-bond donors (Lipinski definition) is 1. The highest BCUT2D eigenvalue weighted by Gasteiger charge is 2.26. The molecule has 6 heteroatoms. The van der Waals surface area contributed by atoms with Gasteiger partial charge in [-0.3, -0.25) is 9.59 Å². The number of piperazine rings is 1. The first-order chi connectivity index (χ1) is 8.70. The highest BCUT2D eigenvalue weighted by Crippen LogP contribution is 2.13. The van der Waals surface area contributed by atoms with Crippen molar-refractivity contribution in [3.8, 4) is 0 Å². The van der Waals surface area contributed by atoms with Crippen molar-refractivity contribution in [1.82, 2.24) is 15.1 Å². The molecule has 0 aromatic rings. The predicted octanol–water partition coefficient (Wildman–Crippen LogP) is -0.944. The van der Waals surface area contributed by atoms with Gasteiger partial charge in [-0.15, -0.1) is 0 Å². The third kappa shape index (κ3) is 3.20. The molecule has 0 saturated carbocycles. The number of carbonyl (C=O) groups is 2. The number of likely N-dealkylation sites (tertiary alicyclic amines) is 1. The molecule has 2 fully saturated rings. The van der Waals surface area contributed by atoms with Gasteiger partial charge < -0.3 is 19.9 Å². The molecule has 18 heavy (non-hydrogen) atoms. The SMILES string of the molecule is COC1CCCN(C(=O)CN2CCNCC2=O)C1. The van der Waals surface area contributed by atoms with Crippen molar-refractivity contribution in [2.75, 3.05) is 46.4 Å². The van der Waals surface area contributed by atoms with Gasteiger partial charge in [0.15, 0.2) is 0 Å². The van der Waals surface area contributed by atoms with Crippen molar-refractivity contribution in [1.29, 1.82) is 0 Å². The first-order valence-electron chi connectivity index (χ1n) is 6.50. The molecule has 2 heterocycles. The molecule has 2 rings (SSSR count). The maximum atomic E-state index is 12.1. The first-order valence-corrected chi connectivity index (χ1v) is 6.50. The molecule has 6 nitrogen and oxygen atoms in total. The van der Waals surface area contributed by atoms with E-state index in [1.54, 1.807) is 12.0 Å². The van der Waals surface area contributed by atoms with Crippen LogP contribution in [-0.4, -0.2) is 74.1 Å². The number of nitrogens with one attached hydrogen (secondary N) is 1. The van der Waals surface area contributed by atoms with E-state index in [1.807, 2.05) is 4.90 Å². The summed E-state index contributed by atoms with van der Waals surface area (Å²) in [5, 5.41) is 3.00. The van der Waals surface area contributed by atoms with Crippen molar-refractivity contribution < 1.29 is 14.3 Å². The quantitative estimate of drug-likeness (QED) is 0.707. The summed E-state index contributed by atoms with van der Waals surface area (Å²) in [6.07, 6.45) is 2.12. The minimum Gasteiger partial charge on any atom is -0.380 e. The van der Waals surface area contributed by atoms with Crippen LogP contribution < -0.4 is 5.32 Å². The Hall–Kier alpha value is -1.14. The summed E-state index contributed by atoms with van der Waals surface area (Å²) in [5.41, 5.74) is 0. The second kappa shape index (κ2) is 6.15. The summed E-state index contributed by atoms with van der Waals surface area (Å²) in [4.78, 5) is 27.2. The highest BCUT2D eigenvalue weighted by atomic mass is 16.5. The van der Waals surface area contributed by atoms with Gasteiger partial charge in [0.1, 0.15) is 0 Å². The zero-order valence-corrected chi connectivity index (χ0v) is 10.9. The normalized spacial score (nSPS) is 25.4. The molecule has 2 aliphatic heterocycles. The summed E-state index contributed by atoms with van der Waals surface area (Å²) >= 11 is 0. The molecular weight excluding hydrogens is 234 g/mol. The smallest absolute Gasteiger partial charge is 0.242 e. The standard InChI is InChI=1S/C12H21N3O3/c1-18-10-3-2-5-14(8-10)12(17)9-15-6-4-13-7-11(15)16/h10,13H,2-9H2,1H3. The lowest BCUT2D eigenvalue weighted by Gasteiger charge is -2.34. The fourth-order valence-electron chi connectivity index (χ4n) is 2.43. The van der Waals surface area contributed by atoms with Crippen LogP contribution >= 0.6 is 0 Å². The van der Waals surface area contributed by atoms with Crippen LogP contribution in [0.3, 0.4) is 0 Å². The van der Waals surface area contributed by atoms with Gasteiger partial charge in [-0.25, -0.2) is 0 Å². The molecule has 0 bridgehead atoms. The number of piperidine rings is 1. The predicted molar refractivity (Wildman–Crippen MR) is 66.1 cm³/mol. The van der Waals surface area contributed by atoms with E-state index in [4.69, 9.17) is 4.74 Å². The second-order valence-corrected chi connectivity index (χ2v) is 4.83. The lowest BCUT2D eigenvalue weighted by atomic mass is 10.1. The number of rotatable bonds is 3. The van der Waals surface area contributed by atoms with E-state index in [9.17, 15) is 9.59 Å². The molecule has 0 aromatic heterocycles. The Morgan fingerprint density at radius 3 is 3.06 bits per heavy atom. The lowest BCUT2D eigenvalue weighted by molar-refractivity contribution is -0.143. The number of amides is 2. The Bertz CT molecular complexity index is 322. The molecule has 2 aliphatic rings. The monoisotopic (exact) mass is 255 g/mol. The van der Waals surface area contributed by atoms with Crippen LogP contribution in [0.1, 0.15) is 12.8 Å². The summed E-state index contributed by atoms with van der Waals surface area (Å²) < 4.78 is 5.30. The van der Waals surface area contributed by atoms with Crippen molar-refractivity contribution in [3.63, 3.8) is 0 Å². The van der Waals surface area contributed by atoms with E-state index in [0.717, 1.165) is 25.9 Å². The van der Waals surface area contributed by atoms with Gasteiger partial charge in [0, 0.05) is 33.3 Å². The fourth-order valence-corrected chi connectivity index (χ4v) is 2.43. The Kier molecular flexibility index (Phi) is 4.54. The molecule has 2 saturated heterocycles. The highest BCUT2D eigenvalue weighted by molar-refractivity contribution is 5.86. The zero-order chi connectivity index (χ0) is 13.0. The van der Waals surface area contributed by atoms with Crippen LogP contribution in [0.2, 0.25) is 0 Å². The minimum absolute atomic E-state index is 0.00917. The van der Waals surface area contributed by atoms with Crippen molar-refractivity contribution in [2.45, 2.75) is 18.9 Å². The Balaban J connectivity index is 1.85. The number of ether oxygens (including phenoxy) is 1. The number of methoxy groups -OCH3 is 1. The molecule has 0 spiro atoms. The molecular formula is C12H21N3O3. The minimum atomic E-state index is 0.00917. The molecule has 1 unspecified atom stereocenters. The second-order valence-electron chi connectivity index (χ2n) is 4.83. The summed E-state index contributed by atoms with van der Waals surface area (Å²) in [6, 6.07) is 0. The maximum Gasteiger partial charge on any atom is 0.242 e. The lowest BCUT2D eigenvalue weighted by Crippen LogP contribution is -2.53. The third-order valence-electron chi connectivity index (χ3n) is 3.58. The average Bonchev–Trinajstić information content (AvgIpc) is 2.41. The molecule has 1 N–H and O–H groups in total. The molecule has 0 aromatic carbocycles. The van der Waals surface area contributed by atoms with E-state index in [1.165, 1.54) is 0 Å². The Morgan fingerprint density at radius 1 is 1.50 bits per heavy atom. The van der Waals surface area contributed by atoms with Gasteiger partial charge in [0.25, 0.3) is 0 Å².